The van der Waals surface area contributed by atoms with Crippen molar-refractivity contribution in [3.05, 3.63) is 16.1 Å². The van der Waals surface area contributed by atoms with Gasteiger partial charge in [0.1, 0.15) is 5.01 Å². The summed E-state index contributed by atoms with van der Waals surface area (Å²) in [6, 6.07) is -0.0238. The van der Waals surface area contributed by atoms with Gasteiger partial charge in [-0.2, -0.15) is 0 Å². The molecule has 0 saturated heterocycles. The fourth-order valence-electron chi connectivity index (χ4n) is 1.70. The Morgan fingerprint density at radius 3 is 2.65 bits per heavy atom. The molecule has 4 nitrogen and oxygen atoms in total. The van der Waals surface area contributed by atoms with Gasteiger partial charge in [0, 0.05) is 24.2 Å². The Labute approximate surface area is 108 Å². The highest BCUT2D eigenvalue weighted by atomic mass is 32.1. The summed E-state index contributed by atoms with van der Waals surface area (Å²) in [6.07, 6.45) is 0. The zero-order valence-corrected chi connectivity index (χ0v) is 11.8. The number of aromatic nitrogens is 1. The number of thiazole rings is 1. The molecule has 5 heteroatoms. The van der Waals surface area contributed by atoms with Crippen molar-refractivity contribution >= 4 is 11.3 Å². The van der Waals surface area contributed by atoms with Gasteiger partial charge in [0.05, 0.1) is 12.6 Å². The second-order valence-corrected chi connectivity index (χ2v) is 4.93. The number of likely N-dealkylation sites (N-methyl/N-ethyl adjacent to an activating group) is 1. The van der Waals surface area contributed by atoms with Crippen molar-refractivity contribution in [2.24, 2.45) is 0 Å². The molecule has 1 aromatic rings. The third-order valence-electron chi connectivity index (χ3n) is 2.83. The third-order valence-corrected chi connectivity index (χ3v) is 3.91. The summed E-state index contributed by atoms with van der Waals surface area (Å²) < 4.78 is 0. The molecule has 0 saturated carbocycles. The van der Waals surface area contributed by atoms with Crippen LogP contribution in [-0.4, -0.2) is 47.8 Å². The van der Waals surface area contributed by atoms with E-state index >= 15 is 0 Å². The Balaban J connectivity index is 2.38. The van der Waals surface area contributed by atoms with Crippen LogP contribution in [0.4, 0.5) is 0 Å². The van der Waals surface area contributed by atoms with E-state index in [1.807, 2.05) is 12.3 Å². The van der Waals surface area contributed by atoms with Gasteiger partial charge in [-0.05, 0) is 20.0 Å². The van der Waals surface area contributed by atoms with Crippen molar-refractivity contribution in [2.45, 2.75) is 26.8 Å². The van der Waals surface area contributed by atoms with Crippen LogP contribution >= 0.6 is 11.3 Å². The molecule has 1 heterocycles. The monoisotopic (exact) mass is 257 g/mol. The minimum Gasteiger partial charge on any atom is -0.394 e. The summed E-state index contributed by atoms with van der Waals surface area (Å²) in [5.41, 5.74) is 1.02. The van der Waals surface area contributed by atoms with Crippen LogP contribution in [0.1, 0.15) is 30.6 Å². The standard InChI is InChI=1S/C12H23N3OS/c1-4-15(5-2)7-6-13-11(8-16)12-14-10(3)9-17-12/h9,11,13,16H,4-8H2,1-3H3. The minimum absolute atomic E-state index is 0.0238. The average molecular weight is 257 g/mol. The van der Waals surface area contributed by atoms with E-state index in [0.29, 0.717) is 0 Å². The maximum atomic E-state index is 9.36. The molecular weight excluding hydrogens is 234 g/mol. The Morgan fingerprint density at radius 1 is 1.47 bits per heavy atom. The number of nitrogens with one attached hydrogen (secondary N) is 1. The van der Waals surface area contributed by atoms with Crippen LogP contribution in [0, 0.1) is 6.92 Å². The van der Waals surface area contributed by atoms with Crippen molar-refractivity contribution in [1.29, 1.82) is 0 Å². The molecule has 0 bridgehead atoms. The van der Waals surface area contributed by atoms with E-state index in [4.69, 9.17) is 0 Å². The van der Waals surface area contributed by atoms with Crippen LogP contribution in [-0.2, 0) is 0 Å². The van der Waals surface area contributed by atoms with E-state index in [-0.39, 0.29) is 12.6 Å². The first-order valence-electron chi connectivity index (χ1n) is 6.19. The van der Waals surface area contributed by atoms with E-state index in [0.717, 1.165) is 36.9 Å². The predicted octanol–water partition coefficient (Wildman–Crippen LogP) is 1.42. The smallest absolute Gasteiger partial charge is 0.112 e. The molecule has 1 rings (SSSR count). The number of hydrogen-bond donors (Lipinski definition) is 2. The van der Waals surface area contributed by atoms with Gasteiger partial charge in [-0.1, -0.05) is 13.8 Å². The van der Waals surface area contributed by atoms with Crippen molar-refractivity contribution in [2.75, 3.05) is 32.8 Å². The van der Waals surface area contributed by atoms with E-state index < -0.39 is 0 Å². The Morgan fingerprint density at radius 2 is 2.18 bits per heavy atom. The SMILES string of the molecule is CCN(CC)CCNC(CO)c1nc(C)cs1. The van der Waals surface area contributed by atoms with E-state index in [9.17, 15) is 5.11 Å². The third kappa shape index (κ3) is 4.71. The second-order valence-electron chi connectivity index (χ2n) is 4.04. The minimum atomic E-state index is -0.0238. The fourth-order valence-corrected chi connectivity index (χ4v) is 2.56. The van der Waals surface area contributed by atoms with Crippen molar-refractivity contribution in [3.63, 3.8) is 0 Å². The highest BCUT2D eigenvalue weighted by molar-refractivity contribution is 7.09. The fraction of sp³-hybridized carbons (Fsp3) is 0.750. The normalized spacial score (nSPS) is 13.2. The molecular formula is C12H23N3OS. The van der Waals surface area contributed by atoms with Gasteiger partial charge in [-0.3, -0.25) is 0 Å². The highest BCUT2D eigenvalue weighted by Crippen LogP contribution is 2.17. The van der Waals surface area contributed by atoms with Gasteiger partial charge in [-0.15, -0.1) is 11.3 Å². The molecule has 2 N–H and O–H groups in total. The van der Waals surface area contributed by atoms with Gasteiger partial charge < -0.3 is 15.3 Å². The molecule has 1 aromatic heterocycles. The van der Waals surface area contributed by atoms with E-state index in [1.54, 1.807) is 11.3 Å². The number of hydrogen-bond acceptors (Lipinski definition) is 5. The molecule has 0 fully saturated rings. The Hall–Kier alpha value is -0.490. The zero-order valence-electron chi connectivity index (χ0n) is 10.9. The summed E-state index contributed by atoms with van der Waals surface area (Å²) in [6.45, 7) is 10.4. The van der Waals surface area contributed by atoms with Crippen molar-refractivity contribution in [1.82, 2.24) is 15.2 Å². The lowest BCUT2D eigenvalue weighted by atomic mass is 10.3. The van der Waals surface area contributed by atoms with Gasteiger partial charge in [0.15, 0.2) is 0 Å². The first-order valence-corrected chi connectivity index (χ1v) is 7.07. The lowest BCUT2D eigenvalue weighted by Gasteiger charge is -2.20. The van der Waals surface area contributed by atoms with Crippen LogP contribution in [0.5, 0.6) is 0 Å². The molecule has 0 aliphatic rings. The van der Waals surface area contributed by atoms with Crippen LogP contribution in [0.15, 0.2) is 5.38 Å². The lowest BCUT2D eigenvalue weighted by molar-refractivity contribution is 0.233. The molecule has 0 radical (unpaired) electrons. The second kappa shape index (κ2) is 7.76. The number of aliphatic hydroxyl groups is 1. The molecule has 98 valence electrons. The summed E-state index contributed by atoms with van der Waals surface area (Å²) in [7, 11) is 0. The summed E-state index contributed by atoms with van der Waals surface area (Å²) in [4.78, 5) is 6.76. The Kier molecular flexibility index (Phi) is 6.65. The van der Waals surface area contributed by atoms with Crippen LogP contribution in [0.25, 0.3) is 0 Å². The lowest BCUT2D eigenvalue weighted by Crippen LogP contribution is -2.34. The van der Waals surface area contributed by atoms with Crippen LogP contribution in [0.3, 0.4) is 0 Å². The number of aliphatic hydroxyl groups excluding tert-OH is 1. The Bertz CT molecular complexity index is 312. The molecule has 0 aliphatic carbocycles. The van der Waals surface area contributed by atoms with Crippen LogP contribution < -0.4 is 5.32 Å². The zero-order chi connectivity index (χ0) is 12.7. The molecule has 17 heavy (non-hydrogen) atoms. The van der Waals surface area contributed by atoms with Crippen molar-refractivity contribution < 1.29 is 5.11 Å². The maximum absolute atomic E-state index is 9.36. The first-order chi connectivity index (χ1) is 8.21. The largest absolute Gasteiger partial charge is 0.394 e. The van der Waals surface area contributed by atoms with Crippen LogP contribution in [0.2, 0.25) is 0 Å². The molecule has 0 aromatic carbocycles. The number of aryl methyl sites for hydroxylation is 1. The molecule has 0 spiro atoms. The van der Waals surface area contributed by atoms with Gasteiger partial charge >= 0.3 is 0 Å². The summed E-state index contributed by atoms with van der Waals surface area (Å²) >= 11 is 1.61. The topological polar surface area (TPSA) is 48.4 Å². The average Bonchev–Trinajstić information content (AvgIpc) is 2.76. The quantitative estimate of drug-likeness (QED) is 0.739. The predicted molar refractivity (Wildman–Crippen MR) is 72.5 cm³/mol. The van der Waals surface area contributed by atoms with Gasteiger partial charge in [0.25, 0.3) is 0 Å². The summed E-state index contributed by atoms with van der Waals surface area (Å²) in [5, 5.41) is 15.7. The highest BCUT2D eigenvalue weighted by Gasteiger charge is 2.13. The molecule has 1 unspecified atom stereocenters. The van der Waals surface area contributed by atoms with Crippen molar-refractivity contribution in [3.8, 4) is 0 Å². The number of nitrogens with zero attached hydrogens (tertiary/aromatic N) is 2. The molecule has 0 aliphatic heterocycles. The van der Waals surface area contributed by atoms with Gasteiger partial charge in [-0.25, -0.2) is 4.98 Å². The van der Waals surface area contributed by atoms with E-state index in [1.165, 1.54) is 0 Å². The number of rotatable bonds is 8. The molecule has 0 amide bonds. The summed E-state index contributed by atoms with van der Waals surface area (Å²) in [5.74, 6) is 0. The van der Waals surface area contributed by atoms with E-state index in [2.05, 4.69) is 29.0 Å². The van der Waals surface area contributed by atoms with Gasteiger partial charge in [0.2, 0.25) is 0 Å². The first kappa shape index (κ1) is 14.6. The molecule has 1 atom stereocenters. The maximum Gasteiger partial charge on any atom is 0.112 e.